The fourth-order valence-electron chi connectivity index (χ4n) is 1.48. The lowest BCUT2D eigenvalue weighted by Gasteiger charge is -2.30. The van der Waals surface area contributed by atoms with E-state index in [1.807, 2.05) is 6.92 Å². The van der Waals surface area contributed by atoms with Gasteiger partial charge in [0.05, 0.1) is 0 Å². The minimum Gasteiger partial charge on any atom is -0.396 e. The molecule has 0 unspecified atom stereocenters. The van der Waals surface area contributed by atoms with E-state index in [1.54, 1.807) is 4.90 Å². The van der Waals surface area contributed by atoms with Crippen LogP contribution in [0.4, 0.5) is 4.79 Å². The van der Waals surface area contributed by atoms with Crippen LogP contribution in [0.1, 0.15) is 32.6 Å². The molecule has 1 saturated carbocycles. The molecular formula is C10H20N2O2. The number of urea groups is 1. The largest absolute Gasteiger partial charge is 0.396 e. The number of aliphatic hydroxyl groups is 1. The number of nitrogens with one attached hydrogen (secondary N) is 1. The number of rotatable bonds is 5. The van der Waals surface area contributed by atoms with E-state index in [2.05, 4.69) is 5.32 Å². The van der Waals surface area contributed by atoms with Crippen molar-refractivity contribution in [1.29, 1.82) is 0 Å². The van der Waals surface area contributed by atoms with E-state index in [-0.39, 0.29) is 12.6 Å². The maximum atomic E-state index is 11.6. The van der Waals surface area contributed by atoms with Gasteiger partial charge in [-0.05, 0) is 32.6 Å². The Labute approximate surface area is 85.3 Å². The molecule has 0 radical (unpaired) electrons. The molecule has 0 heterocycles. The summed E-state index contributed by atoms with van der Waals surface area (Å²) in [5.74, 6) is 0. The molecule has 0 saturated heterocycles. The van der Waals surface area contributed by atoms with Crippen LogP contribution in [-0.4, -0.2) is 41.8 Å². The molecule has 1 aliphatic rings. The smallest absolute Gasteiger partial charge is 0.317 e. The molecule has 0 aromatic rings. The van der Waals surface area contributed by atoms with Gasteiger partial charge < -0.3 is 15.3 Å². The highest BCUT2D eigenvalue weighted by molar-refractivity contribution is 5.74. The number of amides is 2. The lowest BCUT2D eigenvalue weighted by atomic mass is 9.93. The fraction of sp³-hybridized carbons (Fsp3) is 0.900. The van der Waals surface area contributed by atoms with E-state index in [0.717, 1.165) is 12.8 Å². The second kappa shape index (κ2) is 5.86. The van der Waals surface area contributed by atoms with Crippen molar-refractivity contribution in [2.75, 3.05) is 19.7 Å². The van der Waals surface area contributed by atoms with Crippen molar-refractivity contribution in [2.45, 2.75) is 38.6 Å². The second-order valence-electron chi connectivity index (χ2n) is 3.73. The Hall–Kier alpha value is -0.770. The summed E-state index contributed by atoms with van der Waals surface area (Å²) in [5, 5.41) is 11.7. The summed E-state index contributed by atoms with van der Waals surface area (Å²) in [6.07, 6.45) is 4.12. The third-order valence-electron chi connectivity index (χ3n) is 2.69. The fourth-order valence-corrected chi connectivity index (χ4v) is 1.48. The van der Waals surface area contributed by atoms with Gasteiger partial charge in [-0.1, -0.05) is 0 Å². The summed E-state index contributed by atoms with van der Waals surface area (Å²) in [4.78, 5) is 13.4. The average Bonchev–Trinajstić information content (AvgIpc) is 2.13. The average molecular weight is 200 g/mol. The molecule has 0 spiro atoms. The number of hydrogen-bond donors (Lipinski definition) is 2. The van der Waals surface area contributed by atoms with Crippen molar-refractivity contribution in [1.82, 2.24) is 10.2 Å². The zero-order valence-electron chi connectivity index (χ0n) is 8.83. The summed E-state index contributed by atoms with van der Waals surface area (Å²) >= 11 is 0. The zero-order chi connectivity index (χ0) is 10.4. The predicted molar refractivity (Wildman–Crippen MR) is 55.1 cm³/mol. The molecule has 0 bridgehead atoms. The van der Waals surface area contributed by atoms with Gasteiger partial charge in [-0.15, -0.1) is 0 Å². The van der Waals surface area contributed by atoms with E-state index < -0.39 is 0 Å². The van der Waals surface area contributed by atoms with E-state index in [0.29, 0.717) is 25.6 Å². The number of carbonyl (C=O) groups excluding carboxylic acids is 1. The summed E-state index contributed by atoms with van der Waals surface area (Å²) in [6.45, 7) is 3.45. The van der Waals surface area contributed by atoms with Gasteiger partial charge in [0.1, 0.15) is 0 Å². The van der Waals surface area contributed by atoms with Crippen molar-refractivity contribution in [3.63, 3.8) is 0 Å². The SMILES string of the molecule is CCN(CCCO)C(=O)NC1CCC1. The normalized spacial score (nSPS) is 16.1. The van der Waals surface area contributed by atoms with Crippen LogP contribution in [0.2, 0.25) is 0 Å². The Morgan fingerprint density at radius 2 is 2.29 bits per heavy atom. The van der Waals surface area contributed by atoms with Gasteiger partial charge in [-0.3, -0.25) is 0 Å². The number of hydrogen-bond acceptors (Lipinski definition) is 2. The Kier molecular flexibility index (Phi) is 4.73. The maximum absolute atomic E-state index is 11.6. The van der Waals surface area contributed by atoms with Gasteiger partial charge >= 0.3 is 6.03 Å². The first-order chi connectivity index (χ1) is 6.77. The zero-order valence-corrected chi connectivity index (χ0v) is 8.83. The summed E-state index contributed by atoms with van der Waals surface area (Å²) in [6, 6.07) is 0.413. The molecule has 0 aliphatic heterocycles. The van der Waals surface area contributed by atoms with E-state index in [4.69, 9.17) is 5.11 Å². The minimum atomic E-state index is 0.0191. The molecular weight excluding hydrogens is 180 g/mol. The molecule has 1 aliphatic carbocycles. The number of aliphatic hydroxyl groups excluding tert-OH is 1. The number of nitrogens with zero attached hydrogens (tertiary/aromatic N) is 1. The monoisotopic (exact) mass is 200 g/mol. The highest BCUT2D eigenvalue weighted by Crippen LogP contribution is 2.18. The standard InChI is InChI=1S/C10H20N2O2/c1-2-12(7-4-8-13)10(14)11-9-5-3-6-9/h9,13H,2-8H2,1H3,(H,11,14). The van der Waals surface area contributed by atoms with Gasteiger partial charge in [-0.2, -0.15) is 0 Å². The molecule has 2 N–H and O–H groups in total. The quantitative estimate of drug-likeness (QED) is 0.694. The summed E-state index contributed by atoms with van der Waals surface area (Å²) in [5.41, 5.74) is 0. The van der Waals surface area contributed by atoms with Gasteiger partial charge in [-0.25, -0.2) is 4.79 Å². The van der Waals surface area contributed by atoms with E-state index >= 15 is 0 Å². The van der Waals surface area contributed by atoms with Crippen LogP contribution in [0, 0.1) is 0 Å². The minimum absolute atomic E-state index is 0.0191. The molecule has 1 rings (SSSR count). The maximum Gasteiger partial charge on any atom is 0.317 e. The first-order valence-electron chi connectivity index (χ1n) is 5.44. The Morgan fingerprint density at radius 3 is 2.71 bits per heavy atom. The highest BCUT2D eigenvalue weighted by Gasteiger charge is 2.21. The van der Waals surface area contributed by atoms with Gasteiger partial charge in [0, 0.05) is 25.7 Å². The van der Waals surface area contributed by atoms with Crippen LogP contribution < -0.4 is 5.32 Å². The van der Waals surface area contributed by atoms with Crippen LogP contribution in [0.3, 0.4) is 0 Å². The lowest BCUT2D eigenvalue weighted by molar-refractivity contribution is 0.182. The van der Waals surface area contributed by atoms with Crippen LogP contribution in [0.15, 0.2) is 0 Å². The highest BCUT2D eigenvalue weighted by atomic mass is 16.3. The first-order valence-corrected chi connectivity index (χ1v) is 5.44. The molecule has 0 atom stereocenters. The van der Waals surface area contributed by atoms with Crippen molar-refractivity contribution in [3.8, 4) is 0 Å². The van der Waals surface area contributed by atoms with E-state index in [9.17, 15) is 4.79 Å². The van der Waals surface area contributed by atoms with E-state index in [1.165, 1.54) is 6.42 Å². The van der Waals surface area contributed by atoms with Gasteiger partial charge in [0.25, 0.3) is 0 Å². The Bertz CT molecular complexity index is 181. The van der Waals surface area contributed by atoms with Crippen LogP contribution in [-0.2, 0) is 0 Å². The van der Waals surface area contributed by atoms with Crippen molar-refractivity contribution in [3.05, 3.63) is 0 Å². The first kappa shape index (κ1) is 11.3. The van der Waals surface area contributed by atoms with Crippen LogP contribution >= 0.6 is 0 Å². The molecule has 14 heavy (non-hydrogen) atoms. The Balaban J connectivity index is 2.23. The Morgan fingerprint density at radius 1 is 1.57 bits per heavy atom. The molecule has 0 aromatic heterocycles. The molecule has 4 nitrogen and oxygen atoms in total. The van der Waals surface area contributed by atoms with Gasteiger partial charge in [0.15, 0.2) is 0 Å². The molecule has 0 aromatic carbocycles. The topological polar surface area (TPSA) is 52.6 Å². The lowest BCUT2D eigenvalue weighted by Crippen LogP contribution is -2.47. The summed E-state index contributed by atoms with van der Waals surface area (Å²) < 4.78 is 0. The predicted octanol–water partition coefficient (Wildman–Crippen LogP) is 0.953. The summed E-state index contributed by atoms with van der Waals surface area (Å²) in [7, 11) is 0. The van der Waals surface area contributed by atoms with Crippen molar-refractivity contribution >= 4 is 6.03 Å². The third kappa shape index (κ3) is 3.18. The van der Waals surface area contributed by atoms with Crippen LogP contribution in [0.5, 0.6) is 0 Å². The molecule has 1 fully saturated rings. The molecule has 2 amide bonds. The molecule has 82 valence electrons. The van der Waals surface area contributed by atoms with Crippen LogP contribution in [0.25, 0.3) is 0 Å². The second-order valence-corrected chi connectivity index (χ2v) is 3.73. The van der Waals surface area contributed by atoms with Crippen molar-refractivity contribution in [2.24, 2.45) is 0 Å². The molecule has 4 heteroatoms. The van der Waals surface area contributed by atoms with Gasteiger partial charge in [0.2, 0.25) is 0 Å². The number of carbonyl (C=O) groups is 1. The van der Waals surface area contributed by atoms with Crippen molar-refractivity contribution < 1.29 is 9.90 Å². The third-order valence-corrected chi connectivity index (χ3v) is 2.69.